The summed E-state index contributed by atoms with van der Waals surface area (Å²) < 4.78 is 0. The molecule has 0 aliphatic carbocycles. The Labute approximate surface area is 193 Å². The van der Waals surface area contributed by atoms with Crippen LogP contribution in [0.5, 0.6) is 0 Å². The molecule has 1 aliphatic heterocycles. The summed E-state index contributed by atoms with van der Waals surface area (Å²) >= 11 is 12.9. The third-order valence-corrected chi connectivity index (χ3v) is 6.18. The monoisotopic (exact) mass is 453 g/mol. The van der Waals surface area contributed by atoms with Gasteiger partial charge in [-0.2, -0.15) is 0 Å². The van der Waals surface area contributed by atoms with Crippen LogP contribution in [0.25, 0.3) is 0 Å². The Morgan fingerprint density at radius 3 is 2.26 bits per heavy atom. The van der Waals surface area contributed by atoms with E-state index in [1.807, 2.05) is 66.7 Å². The lowest BCUT2D eigenvalue weighted by molar-refractivity contribution is -0.115. The lowest BCUT2D eigenvalue weighted by Gasteiger charge is -2.36. The van der Waals surface area contributed by atoms with Gasteiger partial charge in [0.05, 0.1) is 17.1 Å². The van der Waals surface area contributed by atoms with Crippen molar-refractivity contribution in [1.82, 2.24) is 4.90 Å². The normalized spacial score (nSPS) is 14.5. The van der Waals surface area contributed by atoms with Gasteiger partial charge in [-0.05, 0) is 35.4 Å². The minimum Gasteiger partial charge on any atom is -0.368 e. The van der Waals surface area contributed by atoms with Gasteiger partial charge in [-0.3, -0.25) is 9.69 Å². The first-order valence-corrected chi connectivity index (χ1v) is 11.2. The number of hydrogen-bond acceptors (Lipinski definition) is 3. The molecule has 3 aromatic rings. The molecule has 1 heterocycles. The van der Waals surface area contributed by atoms with Crippen LogP contribution in [-0.4, -0.2) is 37.0 Å². The van der Waals surface area contributed by atoms with Crippen LogP contribution in [0.3, 0.4) is 0 Å². The van der Waals surface area contributed by atoms with Crippen LogP contribution in [0.1, 0.15) is 11.1 Å². The van der Waals surface area contributed by atoms with E-state index in [0.717, 1.165) is 54.6 Å². The van der Waals surface area contributed by atoms with E-state index < -0.39 is 0 Å². The predicted octanol–water partition coefficient (Wildman–Crippen LogP) is 5.50. The van der Waals surface area contributed by atoms with E-state index in [-0.39, 0.29) is 5.91 Å². The van der Waals surface area contributed by atoms with Crippen LogP contribution < -0.4 is 10.2 Å². The van der Waals surface area contributed by atoms with Crippen molar-refractivity contribution >= 4 is 40.5 Å². The van der Waals surface area contributed by atoms with Crippen molar-refractivity contribution in [2.75, 3.05) is 36.4 Å². The molecule has 0 radical (unpaired) electrons. The topological polar surface area (TPSA) is 35.6 Å². The molecule has 1 fully saturated rings. The molecule has 0 atom stereocenters. The number of carbonyl (C=O) groups is 1. The number of halogens is 2. The maximum atomic E-state index is 12.3. The van der Waals surface area contributed by atoms with E-state index in [1.165, 1.54) is 0 Å². The number of hydrogen-bond donors (Lipinski definition) is 1. The summed E-state index contributed by atoms with van der Waals surface area (Å²) in [5.74, 6) is -0.0526. The fraction of sp³-hybridized carbons (Fsp3) is 0.240. The standard InChI is InChI=1S/C25H25Cl2N3O/c26-22-9-5-4-8-20(22)18-29-12-14-30(15-13-29)24-11-10-21(17-23(24)27)28-25(31)16-19-6-2-1-3-7-19/h1-11,17H,12-16,18H2,(H,28,31). The SMILES string of the molecule is O=C(Cc1ccccc1)Nc1ccc(N2CCN(Cc3ccccc3Cl)CC2)c(Cl)c1. The maximum Gasteiger partial charge on any atom is 0.228 e. The molecule has 4 nitrogen and oxygen atoms in total. The maximum absolute atomic E-state index is 12.3. The first kappa shape index (κ1) is 21.7. The molecule has 6 heteroatoms. The zero-order valence-corrected chi connectivity index (χ0v) is 18.7. The molecule has 1 saturated heterocycles. The molecular formula is C25H25Cl2N3O. The van der Waals surface area contributed by atoms with Crippen LogP contribution in [0.2, 0.25) is 10.0 Å². The number of amides is 1. The molecule has 0 aromatic heterocycles. The molecule has 3 aromatic carbocycles. The van der Waals surface area contributed by atoms with E-state index >= 15 is 0 Å². The van der Waals surface area contributed by atoms with Gasteiger partial charge in [-0.1, -0.05) is 71.7 Å². The molecule has 31 heavy (non-hydrogen) atoms. The number of anilines is 2. The molecule has 1 N–H and O–H groups in total. The van der Waals surface area contributed by atoms with Gasteiger partial charge in [0, 0.05) is 43.4 Å². The Hall–Kier alpha value is -2.53. The van der Waals surface area contributed by atoms with Crippen LogP contribution in [0.4, 0.5) is 11.4 Å². The van der Waals surface area contributed by atoms with Crippen molar-refractivity contribution < 1.29 is 4.79 Å². The highest BCUT2D eigenvalue weighted by Gasteiger charge is 2.20. The number of nitrogens with zero attached hydrogens (tertiary/aromatic N) is 2. The summed E-state index contributed by atoms with van der Waals surface area (Å²) in [4.78, 5) is 17.0. The second kappa shape index (κ2) is 10.2. The average Bonchev–Trinajstić information content (AvgIpc) is 2.77. The van der Waals surface area contributed by atoms with Crippen LogP contribution in [0.15, 0.2) is 72.8 Å². The molecule has 0 spiro atoms. The molecule has 1 aliphatic rings. The summed E-state index contributed by atoms with van der Waals surface area (Å²) in [7, 11) is 0. The zero-order valence-electron chi connectivity index (χ0n) is 17.2. The number of rotatable bonds is 6. The van der Waals surface area contributed by atoms with Gasteiger partial charge in [0.1, 0.15) is 0 Å². The van der Waals surface area contributed by atoms with E-state index in [9.17, 15) is 4.79 Å². The highest BCUT2D eigenvalue weighted by Crippen LogP contribution is 2.30. The molecule has 0 bridgehead atoms. The van der Waals surface area contributed by atoms with E-state index in [4.69, 9.17) is 23.2 Å². The molecule has 0 unspecified atom stereocenters. The van der Waals surface area contributed by atoms with Gasteiger partial charge in [0.2, 0.25) is 5.91 Å². The Morgan fingerprint density at radius 2 is 1.55 bits per heavy atom. The van der Waals surface area contributed by atoms with Crippen LogP contribution in [-0.2, 0) is 17.8 Å². The summed E-state index contributed by atoms with van der Waals surface area (Å²) in [6.45, 7) is 4.52. The molecule has 1 amide bonds. The number of piperazine rings is 1. The molecular weight excluding hydrogens is 429 g/mol. The van der Waals surface area contributed by atoms with Gasteiger partial charge >= 0.3 is 0 Å². The van der Waals surface area contributed by atoms with Crippen LogP contribution >= 0.6 is 23.2 Å². The average molecular weight is 454 g/mol. The zero-order chi connectivity index (χ0) is 21.6. The van der Waals surface area contributed by atoms with Gasteiger partial charge in [-0.25, -0.2) is 0 Å². The Balaban J connectivity index is 1.32. The van der Waals surface area contributed by atoms with Crippen LogP contribution in [0, 0.1) is 0 Å². The van der Waals surface area contributed by atoms with E-state index in [0.29, 0.717) is 17.1 Å². The lowest BCUT2D eigenvalue weighted by Crippen LogP contribution is -2.46. The molecule has 160 valence electrons. The minimum atomic E-state index is -0.0526. The fourth-order valence-electron chi connectivity index (χ4n) is 3.84. The Kier molecular flexibility index (Phi) is 7.13. The van der Waals surface area contributed by atoms with Crippen molar-refractivity contribution in [2.45, 2.75) is 13.0 Å². The third-order valence-electron chi connectivity index (χ3n) is 5.50. The smallest absolute Gasteiger partial charge is 0.228 e. The first-order valence-electron chi connectivity index (χ1n) is 10.4. The summed E-state index contributed by atoms with van der Waals surface area (Å²) in [6.07, 6.45) is 0.341. The molecule has 4 rings (SSSR count). The quantitative estimate of drug-likeness (QED) is 0.535. The number of carbonyl (C=O) groups excluding carboxylic acids is 1. The number of benzene rings is 3. The van der Waals surface area contributed by atoms with Crippen molar-refractivity contribution in [1.29, 1.82) is 0 Å². The molecule has 0 saturated carbocycles. The Bertz CT molecular complexity index is 1030. The second-order valence-electron chi connectivity index (χ2n) is 7.73. The van der Waals surface area contributed by atoms with Crippen molar-refractivity contribution in [3.8, 4) is 0 Å². The largest absolute Gasteiger partial charge is 0.368 e. The third kappa shape index (κ3) is 5.79. The summed E-state index contributed by atoms with van der Waals surface area (Å²) in [6, 6.07) is 23.4. The van der Waals surface area contributed by atoms with Crippen molar-refractivity contribution in [2.24, 2.45) is 0 Å². The predicted molar refractivity (Wildman–Crippen MR) is 129 cm³/mol. The van der Waals surface area contributed by atoms with Gasteiger partial charge in [0.25, 0.3) is 0 Å². The van der Waals surface area contributed by atoms with Gasteiger partial charge in [0.15, 0.2) is 0 Å². The Morgan fingerprint density at radius 1 is 0.839 bits per heavy atom. The summed E-state index contributed by atoms with van der Waals surface area (Å²) in [5, 5.41) is 4.41. The van der Waals surface area contributed by atoms with E-state index in [1.54, 1.807) is 0 Å². The fourth-order valence-corrected chi connectivity index (χ4v) is 4.34. The van der Waals surface area contributed by atoms with Gasteiger partial charge < -0.3 is 10.2 Å². The van der Waals surface area contributed by atoms with Crippen molar-refractivity contribution in [3.05, 3.63) is 94.0 Å². The van der Waals surface area contributed by atoms with Crippen molar-refractivity contribution in [3.63, 3.8) is 0 Å². The second-order valence-corrected chi connectivity index (χ2v) is 8.55. The first-order chi connectivity index (χ1) is 15.1. The van der Waals surface area contributed by atoms with E-state index in [2.05, 4.69) is 21.2 Å². The highest BCUT2D eigenvalue weighted by molar-refractivity contribution is 6.33. The summed E-state index contributed by atoms with van der Waals surface area (Å²) in [5.41, 5.74) is 3.86. The lowest BCUT2D eigenvalue weighted by atomic mass is 10.1. The minimum absolute atomic E-state index is 0.0526. The van der Waals surface area contributed by atoms with Gasteiger partial charge in [-0.15, -0.1) is 0 Å². The highest BCUT2D eigenvalue weighted by atomic mass is 35.5. The number of nitrogens with one attached hydrogen (secondary N) is 1.